The highest BCUT2D eigenvalue weighted by molar-refractivity contribution is 6.30. The van der Waals surface area contributed by atoms with Crippen LogP contribution in [0.3, 0.4) is 0 Å². The second kappa shape index (κ2) is 9.81. The first-order valence-corrected chi connectivity index (χ1v) is 10.6. The normalized spacial score (nSPS) is 14.4. The van der Waals surface area contributed by atoms with Gasteiger partial charge in [0.05, 0.1) is 0 Å². The van der Waals surface area contributed by atoms with Gasteiger partial charge in [0.1, 0.15) is 11.6 Å². The lowest BCUT2D eigenvalue weighted by Crippen LogP contribution is -2.46. The lowest BCUT2D eigenvalue weighted by atomic mass is 9.98. The predicted molar refractivity (Wildman–Crippen MR) is 122 cm³/mol. The summed E-state index contributed by atoms with van der Waals surface area (Å²) < 4.78 is 5.43. The van der Waals surface area contributed by atoms with Crippen LogP contribution < -0.4 is 9.64 Å². The highest BCUT2D eigenvalue weighted by Crippen LogP contribution is 2.30. The fourth-order valence-corrected chi connectivity index (χ4v) is 3.89. The quantitative estimate of drug-likeness (QED) is 0.598. The number of benzene rings is 2. The molecule has 2 aromatic carbocycles. The Balaban J connectivity index is 1.51. The Morgan fingerprint density at radius 2 is 1.81 bits per heavy atom. The third-order valence-electron chi connectivity index (χ3n) is 5.33. The molecule has 6 nitrogen and oxygen atoms in total. The second-order valence-electron chi connectivity index (χ2n) is 7.46. The largest absolute Gasteiger partial charge is 0.482 e. The summed E-state index contributed by atoms with van der Waals surface area (Å²) >= 11 is 6.06. The molecule has 1 saturated heterocycles. The third kappa shape index (κ3) is 5.54. The molecule has 7 heteroatoms. The molecule has 1 aliphatic rings. The van der Waals surface area contributed by atoms with Crippen molar-refractivity contribution < 1.29 is 14.6 Å². The van der Waals surface area contributed by atoms with Crippen LogP contribution in [0, 0.1) is 0 Å². The minimum absolute atomic E-state index is 0.359. The van der Waals surface area contributed by atoms with E-state index >= 15 is 0 Å². The number of halogens is 1. The van der Waals surface area contributed by atoms with Crippen LogP contribution in [0.25, 0.3) is 11.1 Å². The average Bonchev–Trinajstić information content (AvgIpc) is 2.80. The first kappa shape index (κ1) is 21.2. The molecule has 1 aromatic heterocycles. The summed E-state index contributed by atoms with van der Waals surface area (Å²) in [5.41, 5.74) is 3.25. The first-order valence-electron chi connectivity index (χ1n) is 10.2. The number of aliphatic carboxylic acids is 1. The molecule has 1 N–H and O–H groups in total. The monoisotopic (exact) mass is 437 g/mol. The van der Waals surface area contributed by atoms with E-state index in [4.69, 9.17) is 21.4 Å². The van der Waals surface area contributed by atoms with Crippen LogP contribution in [-0.4, -0.2) is 53.7 Å². The van der Waals surface area contributed by atoms with E-state index in [0.717, 1.165) is 55.2 Å². The van der Waals surface area contributed by atoms with Gasteiger partial charge in [0, 0.05) is 43.9 Å². The Morgan fingerprint density at radius 3 is 2.48 bits per heavy atom. The van der Waals surface area contributed by atoms with Gasteiger partial charge in [0.15, 0.2) is 6.61 Å². The van der Waals surface area contributed by atoms with Crippen LogP contribution in [0.4, 0.5) is 5.82 Å². The van der Waals surface area contributed by atoms with E-state index in [1.165, 1.54) is 0 Å². The molecule has 1 aliphatic heterocycles. The molecule has 2 heterocycles. The summed E-state index contributed by atoms with van der Waals surface area (Å²) in [7, 11) is 0. The van der Waals surface area contributed by atoms with E-state index in [1.807, 2.05) is 66.9 Å². The number of hydrogen-bond donors (Lipinski definition) is 1. The zero-order valence-electron chi connectivity index (χ0n) is 17.1. The van der Waals surface area contributed by atoms with Gasteiger partial charge in [0.2, 0.25) is 0 Å². The van der Waals surface area contributed by atoms with Crippen LogP contribution in [0.15, 0.2) is 66.9 Å². The number of nitrogens with zero attached hydrogens (tertiary/aromatic N) is 3. The molecule has 0 saturated carbocycles. The Labute approximate surface area is 186 Å². The molecule has 0 aliphatic carbocycles. The number of anilines is 1. The van der Waals surface area contributed by atoms with E-state index in [-0.39, 0.29) is 6.61 Å². The molecular formula is C24H24ClN3O3. The van der Waals surface area contributed by atoms with Crippen molar-refractivity contribution in [2.45, 2.75) is 6.54 Å². The highest BCUT2D eigenvalue weighted by Gasteiger charge is 2.19. The van der Waals surface area contributed by atoms with Crippen molar-refractivity contribution in [3.63, 3.8) is 0 Å². The SMILES string of the molecule is O=C(O)COc1ccc(-c2ccc(Cl)cc2)c(CN2CCN(c3ccccn3)CC2)c1. The van der Waals surface area contributed by atoms with Gasteiger partial charge in [-0.3, -0.25) is 4.90 Å². The zero-order chi connectivity index (χ0) is 21.6. The number of ether oxygens (including phenoxy) is 1. The van der Waals surface area contributed by atoms with Crippen molar-refractivity contribution in [1.82, 2.24) is 9.88 Å². The van der Waals surface area contributed by atoms with Crippen molar-refractivity contribution in [2.24, 2.45) is 0 Å². The summed E-state index contributed by atoms with van der Waals surface area (Å²) in [4.78, 5) is 20.0. The van der Waals surface area contributed by atoms with Crippen molar-refractivity contribution in [3.8, 4) is 16.9 Å². The molecule has 31 heavy (non-hydrogen) atoms. The van der Waals surface area contributed by atoms with Gasteiger partial charge in [-0.25, -0.2) is 9.78 Å². The number of carboxylic acid groups (broad SMARTS) is 1. The maximum Gasteiger partial charge on any atom is 0.341 e. The summed E-state index contributed by atoms with van der Waals surface area (Å²) in [6, 6.07) is 19.5. The molecule has 3 aromatic rings. The fourth-order valence-electron chi connectivity index (χ4n) is 3.76. The third-order valence-corrected chi connectivity index (χ3v) is 5.59. The number of hydrogen-bond acceptors (Lipinski definition) is 5. The van der Waals surface area contributed by atoms with Gasteiger partial charge >= 0.3 is 5.97 Å². The Morgan fingerprint density at radius 1 is 1.03 bits per heavy atom. The molecule has 0 radical (unpaired) electrons. The van der Waals surface area contributed by atoms with Crippen molar-refractivity contribution >= 4 is 23.4 Å². The Bertz CT molecular complexity index is 1020. The minimum atomic E-state index is -0.992. The second-order valence-corrected chi connectivity index (χ2v) is 7.90. The number of piperazine rings is 1. The molecule has 1 fully saturated rings. The van der Waals surface area contributed by atoms with E-state index in [2.05, 4.69) is 14.8 Å². The maximum absolute atomic E-state index is 10.9. The molecule has 4 rings (SSSR count). The molecular weight excluding hydrogens is 414 g/mol. The summed E-state index contributed by atoms with van der Waals surface area (Å²) in [5, 5.41) is 9.62. The van der Waals surface area contributed by atoms with Crippen LogP contribution >= 0.6 is 11.6 Å². The van der Waals surface area contributed by atoms with Gasteiger partial charge < -0.3 is 14.7 Å². The predicted octanol–water partition coefficient (Wildman–Crippen LogP) is 4.19. The smallest absolute Gasteiger partial charge is 0.341 e. The molecule has 0 unspecified atom stereocenters. The maximum atomic E-state index is 10.9. The average molecular weight is 438 g/mol. The van der Waals surface area contributed by atoms with E-state index in [1.54, 1.807) is 0 Å². The van der Waals surface area contributed by atoms with Gasteiger partial charge in [-0.2, -0.15) is 0 Å². The molecule has 160 valence electrons. The molecule has 0 amide bonds. The number of carbonyl (C=O) groups is 1. The van der Waals surface area contributed by atoms with E-state index < -0.39 is 5.97 Å². The topological polar surface area (TPSA) is 65.9 Å². The molecule has 0 bridgehead atoms. The standard InChI is InChI=1S/C24H24ClN3O3/c25-20-6-4-18(5-7-20)22-9-8-21(31-17-24(29)30)15-19(22)16-27-11-13-28(14-12-27)23-3-1-2-10-26-23/h1-10,15H,11-14,16-17H2,(H,29,30). The molecule has 0 spiro atoms. The van der Waals surface area contributed by atoms with E-state index in [0.29, 0.717) is 10.8 Å². The lowest BCUT2D eigenvalue weighted by Gasteiger charge is -2.35. The summed E-state index contributed by atoms with van der Waals surface area (Å²) in [6.45, 7) is 4.03. The summed E-state index contributed by atoms with van der Waals surface area (Å²) in [5.74, 6) is 0.573. The van der Waals surface area contributed by atoms with Gasteiger partial charge in [-0.15, -0.1) is 0 Å². The Kier molecular flexibility index (Phi) is 6.70. The molecule has 0 atom stereocenters. The number of rotatable bonds is 7. The first-order chi connectivity index (χ1) is 15.1. The minimum Gasteiger partial charge on any atom is -0.482 e. The van der Waals surface area contributed by atoms with Gasteiger partial charge in [0.25, 0.3) is 0 Å². The fraction of sp³-hybridized carbons (Fsp3) is 0.250. The number of pyridine rings is 1. The van der Waals surface area contributed by atoms with E-state index in [9.17, 15) is 4.79 Å². The zero-order valence-corrected chi connectivity index (χ0v) is 17.8. The van der Waals surface area contributed by atoms with Crippen LogP contribution in [0.2, 0.25) is 5.02 Å². The number of carboxylic acids is 1. The number of aromatic nitrogens is 1. The van der Waals surface area contributed by atoms with Gasteiger partial charge in [-0.1, -0.05) is 35.9 Å². The Hall–Kier alpha value is -3.09. The highest BCUT2D eigenvalue weighted by atomic mass is 35.5. The van der Waals surface area contributed by atoms with Crippen molar-refractivity contribution in [2.75, 3.05) is 37.7 Å². The van der Waals surface area contributed by atoms with Crippen LogP contribution in [0.1, 0.15) is 5.56 Å². The summed E-state index contributed by atoms with van der Waals surface area (Å²) in [6.07, 6.45) is 1.82. The van der Waals surface area contributed by atoms with Crippen LogP contribution in [0.5, 0.6) is 5.75 Å². The van der Waals surface area contributed by atoms with Crippen LogP contribution in [-0.2, 0) is 11.3 Å². The van der Waals surface area contributed by atoms with Gasteiger partial charge in [-0.05, 0) is 53.1 Å². The van der Waals surface area contributed by atoms with Crippen molar-refractivity contribution in [1.29, 1.82) is 0 Å². The van der Waals surface area contributed by atoms with Crippen molar-refractivity contribution in [3.05, 3.63) is 77.4 Å². The lowest BCUT2D eigenvalue weighted by molar-refractivity contribution is -0.139.